The third-order valence-corrected chi connectivity index (χ3v) is 5.94. The highest BCUT2D eigenvalue weighted by Gasteiger charge is 2.25. The van der Waals surface area contributed by atoms with Gasteiger partial charge < -0.3 is 15.3 Å². The van der Waals surface area contributed by atoms with Gasteiger partial charge in [-0.05, 0) is 38.5 Å². The maximum Gasteiger partial charge on any atom is 0.211 e. The maximum atomic E-state index is 11.5. The highest BCUT2D eigenvalue weighted by molar-refractivity contribution is 7.88. The molecule has 2 heterocycles. The topological polar surface area (TPSA) is 85.2 Å². The van der Waals surface area contributed by atoms with Crippen molar-refractivity contribution >= 4 is 16.0 Å². The van der Waals surface area contributed by atoms with Crippen molar-refractivity contribution in [2.45, 2.75) is 38.7 Å². The molecule has 0 aromatic rings. The Morgan fingerprint density at radius 1 is 1.17 bits per heavy atom. The molecular formula is C15H30N4O3S. The number of hydrogen-bond donors (Lipinski definition) is 2. The third-order valence-electron chi connectivity index (χ3n) is 4.64. The van der Waals surface area contributed by atoms with Crippen molar-refractivity contribution in [2.24, 2.45) is 10.9 Å². The van der Waals surface area contributed by atoms with E-state index in [1.54, 1.807) is 4.31 Å². The Morgan fingerprint density at radius 2 is 1.78 bits per heavy atom. The summed E-state index contributed by atoms with van der Waals surface area (Å²) in [5.41, 5.74) is 0. The number of likely N-dealkylation sites (tertiary alicyclic amines) is 1. The summed E-state index contributed by atoms with van der Waals surface area (Å²) in [6, 6.07) is 0. The number of piperidine rings is 2. The smallest absolute Gasteiger partial charge is 0.211 e. The fourth-order valence-corrected chi connectivity index (χ4v) is 4.02. The zero-order valence-corrected chi connectivity index (χ0v) is 15.1. The zero-order chi connectivity index (χ0) is 16.9. The number of nitrogens with zero attached hydrogens (tertiary/aromatic N) is 3. The molecular weight excluding hydrogens is 316 g/mol. The lowest BCUT2D eigenvalue weighted by Gasteiger charge is -2.33. The number of guanidine groups is 1. The Bertz CT molecular complexity index is 493. The second kappa shape index (κ2) is 8.30. The molecule has 0 aromatic heterocycles. The molecule has 0 aromatic carbocycles. The van der Waals surface area contributed by atoms with Gasteiger partial charge in [0, 0.05) is 39.3 Å². The van der Waals surface area contributed by atoms with Crippen LogP contribution in [0.3, 0.4) is 0 Å². The van der Waals surface area contributed by atoms with E-state index in [9.17, 15) is 13.5 Å². The average molecular weight is 346 g/mol. The first-order valence-electron chi connectivity index (χ1n) is 8.56. The molecule has 0 bridgehead atoms. The molecule has 134 valence electrons. The predicted molar refractivity (Wildman–Crippen MR) is 91.9 cm³/mol. The molecule has 2 aliphatic heterocycles. The lowest BCUT2D eigenvalue weighted by atomic mass is 9.98. The second-order valence-electron chi connectivity index (χ2n) is 6.52. The van der Waals surface area contributed by atoms with Crippen molar-refractivity contribution in [2.75, 3.05) is 45.5 Å². The fourth-order valence-electron chi connectivity index (χ4n) is 3.14. The van der Waals surface area contributed by atoms with Crippen molar-refractivity contribution in [3.8, 4) is 0 Å². The average Bonchev–Trinajstić information content (AvgIpc) is 2.52. The molecule has 2 saturated heterocycles. The second-order valence-corrected chi connectivity index (χ2v) is 8.50. The summed E-state index contributed by atoms with van der Waals surface area (Å²) in [6.45, 7) is 6.48. The van der Waals surface area contributed by atoms with E-state index in [1.165, 1.54) is 6.26 Å². The molecule has 7 nitrogen and oxygen atoms in total. The van der Waals surface area contributed by atoms with E-state index in [1.807, 2.05) is 0 Å². The van der Waals surface area contributed by atoms with Gasteiger partial charge in [0.1, 0.15) is 0 Å². The van der Waals surface area contributed by atoms with Crippen molar-refractivity contribution in [3.05, 3.63) is 0 Å². The molecule has 2 rings (SSSR count). The first-order chi connectivity index (χ1) is 10.9. The summed E-state index contributed by atoms with van der Waals surface area (Å²) in [7, 11) is -3.06. The van der Waals surface area contributed by atoms with E-state index in [2.05, 4.69) is 17.1 Å². The Morgan fingerprint density at radius 3 is 2.30 bits per heavy atom. The third kappa shape index (κ3) is 5.61. The summed E-state index contributed by atoms with van der Waals surface area (Å²) in [4.78, 5) is 6.97. The van der Waals surface area contributed by atoms with E-state index in [0.717, 1.165) is 57.8 Å². The molecule has 0 saturated carbocycles. The highest BCUT2D eigenvalue weighted by Crippen LogP contribution is 2.19. The lowest BCUT2D eigenvalue weighted by molar-refractivity contribution is 0.108. The van der Waals surface area contributed by atoms with E-state index < -0.39 is 10.0 Å². The van der Waals surface area contributed by atoms with Crippen LogP contribution in [-0.2, 0) is 10.0 Å². The van der Waals surface area contributed by atoms with Gasteiger partial charge in [-0.25, -0.2) is 12.7 Å². The lowest BCUT2D eigenvalue weighted by Crippen LogP contribution is -2.47. The largest absolute Gasteiger partial charge is 0.393 e. The van der Waals surface area contributed by atoms with Gasteiger partial charge in [-0.15, -0.1) is 0 Å². The van der Waals surface area contributed by atoms with Crippen LogP contribution >= 0.6 is 0 Å². The Kier molecular flexibility index (Phi) is 6.67. The standard InChI is InChI=1S/C15H30N4O3S/c1-3-16-15(18-8-6-14(20)7-9-18)17-12-13-4-10-19(11-5-13)23(2,21)22/h13-14,20H,3-12H2,1-2H3,(H,16,17). The molecule has 0 spiro atoms. The summed E-state index contributed by atoms with van der Waals surface area (Å²) >= 11 is 0. The van der Waals surface area contributed by atoms with Gasteiger partial charge in [0.15, 0.2) is 5.96 Å². The molecule has 0 atom stereocenters. The fraction of sp³-hybridized carbons (Fsp3) is 0.933. The molecule has 0 radical (unpaired) electrons. The number of rotatable bonds is 4. The zero-order valence-electron chi connectivity index (χ0n) is 14.2. The minimum atomic E-state index is -3.06. The van der Waals surface area contributed by atoms with E-state index in [-0.39, 0.29) is 6.10 Å². The molecule has 2 fully saturated rings. The Labute approximate surface area is 139 Å². The number of aliphatic hydroxyl groups is 1. The van der Waals surface area contributed by atoms with Crippen LogP contribution in [0, 0.1) is 5.92 Å². The van der Waals surface area contributed by atoms with Crippen LogP contribution in [0.15, 0.2) is 4.99 Å². The van der Waals surface area contributed by atoms with Gasteiger partial charge in [0.2, 0.25) is 10.0 Å². The number of aliphatic hydroxyl groups excluding tert-OH is 1. The Balaban J connectivity index is 1.86. The number of hydrogen-bond acceptors (Lipinski definition) is 4. The van der Waals surface area contributed by atoms with Gasteiger partial charge in [0.25, 0.3) is 0 Å². The van der Waals surface area contributed by atoms with E-state index in [4.69, 9.17) is 4.99 Å². The van der Waals surface area contributed by atoms with Gasteiger partial charge in [-0.1, -0.05) is 0 Å². The SMILES string of the molecule is CCNC(=NCC1CCN(S(C)(=O)=O)CC1)N1CCC(O)CC1. The summed E-state index contributed by atoms with van der Waals surface area (Å²) in [5.74, 6) is 1.36. The van der Waals surface area contributed by atoms with Crippen molar-refractivity contribution < 1.29 is 13.5 Å². The van der Waals surface area contributed by atoms with Gasteiger partial charge >= 0.3 is 0 Å². The number of aliphatic imine (C=N–C) groups is 1. The van der Waals surface area contributed by atoms with Crippen LogP contribution in [0.4, 0.5) is 0 Å². The van der Waals surface area contributed by atoms with E-state index >= 15 is 0 Å². The molecule has 8 heteroatoms. The monoisotopic (exact) mass is 346 g/mol. The molecule has 2 aliphatic rings. The molecule has 23 heavy (non-hydrogen) atoms. The number of sulfonamides is 1. The Hall–Kier alpha value is -0.860. The minimum Gasteiger partial charge on any atom is -0.393 e. The minimum absolute atomic E-state index is 0.186. The molecule has 0 unspecified atom stereocenters. The predicted octanol–water partition coefficient (Wildman–Crippen LogP) is 0.0802. The van der Waals surface area contributed by atoms with Crippen LogP contribution in [0.5, 0.6) is 0 Å². The van der Waals surface area contributed by atoms with Crippen LogP contribution < -0.4 is 5.32 Å². The number of nitrogens with one attached hydrogen (secondary N) is 1. The van der Waals surface area contributed by atoms with Crippen molar-refractivity contribution in [1.82, 2.24) is 14.5 Å². The first kappa shape index (κ1) is 18.5. The first-order valence-corrected chi connectivity index (χ1v) is 10.4. The van der Waals surface area contributed by atoms with Crippen LogP contribution in [0.2, 0.25) is 0 Å². The van der Waals surface area contributed by atoms with Crippen molar-refractivity contribution in [1.29, 1.82) is 0 Å². The molecule has 2 N–H and O–H groups in total. The molecule has 0 amide bonds. The van der Waals surface area contributed by atoms with E-state index in [0.29, 0.717) is 19.0 Å². The van der Waals surface area contributed by atoms with Crippen LogP contribution in [0.1, 0.15) is 32.6 Å². The van der Waals surface area contributed by atoms with Gasteiger partial charge in [-0.2, -0.15) is 0 Å². The quantitative estimate of drug-likeness (QED) is 0.556. The van der Waals surface area contributed by atoms with Crippen LogP contribution in [0.25, 0.3) is 0 Å². The molecule has 0 aliphatic carbocycles. The highest BCUT2D eigenvalue weighted by atomic mass is 32.2. The van der Waals surface area contributed by atoms with Gasteiger partial charge in [0.05, 0.1) is 12.4 Å². The van der Waals surface area contributed by atoms with Crippen LogP contribution in [-0.4, -0.2) is 80.3 Å². The summed E-state index contributed by atoms with van der Waals surface area (Å²) in [5, 5.41) is 13.0. The summed E-state index contributed by atoms with van der Waals surface area (Å²) < 4.78 is 24.6. The maximum absolute atomic E-state index is 11.5. The van der Waals surface area contributed by atoms with Crippen molar-refractivity contribution in [3.63, 3.8) is 0 Å². The summed E-state index contributed by atoms with van der Waals surface area (Å²) in [6.07, 6.45) is 4.41. The normalized spacial score (nSPS) is 23.3. The van der Waals surface area contributed by atoms with Gasteiger partial charge in [-0.3, -0.25) is 4.99 Å².